The van der Waals surface area contributed by atoms with Crippen molar-refractivity contribution < 1.29 is 9.90 Å². The molecule has 2 amide bonds. The quantitative estimate of drug-likeness (QED) is 0.723. The lowest BCUT2D eigenvalue weighted by molar-refractivity contribution is 0.172. The molecule has 2 saturated carbocycles. The maximum atomic E-state index is 12.2. The van der Waals surface area contributed by atoms with Crippen LogP contribution in [0.5, 0.6) is 0 Å². The zero-order valence-corrected chi connectivity index (χ0v) is 11.8. The SMILES string of the molecule is C=CCN(CCO)C(=O)NC(C)C1CC2CCC1C2. The molecule has 0 radical (unpaired) electrons. The van der Waals surface area contributed by atoms with Gasteiger partial charge in [0.1, 0.15) is 0 Å². The largest absolute Gasteiger partial charge is 0.395 e. The molecule has 2 rings (SSSR count). The monoisotopic (exact) mass is 266 g/mol. The van der Waals surface area contributed by atoms with Crippen molar-refractivity contribution in [2.45, 2.75) is 38.6 Å². The number of fused-ring (bicyclic) bond motifs is 2. The molecule has 4 heteroatoms. The predicted molar refractivity (Wildman–Crippen MR) is 75.8 cm³/mol. The van der Waals surface area contributed by atoms with E-state index in [4.69, 9.17) is 5.11 Å². The minimum absolute atomic E-state index is 0.0102. The number of nitrogens with one attached hydrogen (secondary N) is 1. The normalized spacial score (nSPS) is 30.1. The Morgan fingerprint density at radius 2 is 2.32 bits per heavy atom. The van der Waals surface area contributed by atoms with Crippen LogP contribution in [0.25, 0.3) is 0 Å². The summed E-state index contributed by atoms with van der Waals surface area (Å²) in [6, 6.07) is 0.151. The van der Waals surface area contributed by atoms with Gasteiger partial charge in [0.15, 0.2) is 0 Å². The molecule has 4 atom stereocenters. The van der Waals surface area contributed by atoms with Gasteiger partial charge < -0.3 is 15.3 Å². The number of rotatable bonds is 6. The Kier molecular flexibility index (Phi) is 4.86. The van der Waals surface area contributed by atoms with Gasteiger partial charge in [-0.05, 0) is 43.9 Å². The second-order valence-electron chi connectivity index (χ2n) is 6.04. The van der Waals surface area contributed by atoms with Crippen LogP contribution in [0, 0.1) is 17.8 Å². The topological polar surface area (TPSA) is 52.6 Å². The zero-order chi connectivity index (χ0) is 13.8. The molecule has 0 aromatic carbocycles. The van der Waals surface area contributed by atoms with Gasteiger partial charge in [-0.15, -0.1) is 6.58 Å². The van der Waals surface area contributed by atoms with Crippen LogP contribution in [0.2, 0.25) is 0 Å². The zero-order valence-electron chi connectivity index (χ0n) is 11.8. The average molecular weight is 266 g/mol. The van der Waals surface area contributed by atoms with Crippen LogP contribution >= 0.6 is 0 Å². The van der Waals surface area contributed by atoms with Crippen LogP contribution in [-0.2, 0) is 0 Å². The van der Waals surface area contributed by atoms with Gasteiger partial charge in [0.05, 0.1) is 6.61 Å². The molecule has 4 unspecified atom stereocenters. The second kappa shape index (κ2) is 6.42. The van der Waals surface area contributed by atoms with E-state index in [-0.39, 0.29) is 18.7 Å². The molecule has 2 fully saturated rings. The lowest BCUT2D eigenvalue weighted by atomic mass is 9.84. The van der Waals surface area contributed by atoms with Gasteiger partial charge in [-0.25, -0.2) is 4.79 Å². The van der Waals surface area contributed by atoms with E-state index in [0.717, 1.165) is 11.8 Å². The maximum absolute atomic E-state index is 12.2. The Bertz CT molecular complexity index is 332. The van der Waals surface area contributed by atoms with E-state index in [9.17, 15) is 4.79 Å². The summed E-state index contributed by atoms with van der Waals surface area (Å²) in [5.74, 6) is 2.35. The molecule has 2 bridgehead atoms. The highest BCUT2D eigenvalue weighted by molar-refractivity contribution is 5.74. The molecule has 0 spiro atoms. The molecule has 0 aliphatic heterocycles. The molecule has 2 aliphatic carbocycles. The van der Waals surface area contributed by atoms with Crippen LogP contribution in [-0.4, -0.2) is 41.8 Å². The van der Waals surface area contributed by atoms with Gasteiger partial charge in [0.25, 0.3) is 0 Å². The van der Waals surface area contributed by atoms with E-state index in [2.05, 4.69) is 18.8 Å². The van der Waals surface area contributed by atoms with Crippen LogP contribution in [0.4, 0.5) is 4.79 Å². The van der Waals surface area contributed by atoms with Crippen LogP contribution < -0.4 is 5.32 Å². The van der Waals surface area contributed by atoms with Gasteiger partial charge in [0.2, 0.25) is 0 Å². The summed E-state index contributed by atoms with van der Waals surface area (Å²) in [5, 5.41) is 12.1. The number of hydrogen-bond acceptors (Lipinski definition) is 2. The van der Waals surface area contributed by atoms with Crippen LogP contribution in [0.1, 0.15) is 32.6 Å². The molecule has 2 aliphatic rings. The predicted octanol–water partition coefficient (Wildman–Crippen LogP) is 2.00. The van der Waals surface area contributed by atoms with Crippen molar-refractivity contribution in [1.82, 2.24) is 10.2 Å². The second-order valence-corrected chi connectivity index (χ2v) is 6.04. The molecule has 0 heterocycles. The van der Waals surface area contributed by atoms with Gasteiger partial charge in [-0.2, -0.15) is 0 Å². The van der Waals surface area contributed by atoms with Gasteiger partial charge in [-0.3, -0.25) is 0 Å². The average Bonchev–Trinajstić information content (AvgIpc) is 3.00. The number of carbonyl (C=O) groups is 1. The van der Waals surface area contributed by atoms with Crippen LogP contribution in [0.15, 0.2) is 12.7 Å². The van der Waals surface area contributed by atoms with Gasteiger partial charge >= 0.3 is 6.03 Å². The smallest absolute Gasteiger partial charge is 0.317 e. The minimum Gasteiger partial charge on any atom is -0.395 e. The van der Waals surface area contributed by atoms with Crippen molar-refractivity contribution in [2.75, 3.05) is 19.7 Å². The lowest BCUT2D eigenvalue weighted by Crippen LogP contribution is -2.48. The molecule has 19 heavy (non-hydrogen) atoms. The molecule has 0 aromatic heterocycles. The third-order valence-corrected chi connectivity index (χ3v) is 4.79. The van der Waals surface area contributed by atoms with E-state index < -0.39 is 0 Å². The molecule has 4 nitrogen and oxygen atoms in total. The molecule has 0 aromatic rings. The fraction of sp³-hybridized carbons (Fsp3) is 0.800. The summed E-state index contributed by atoms with van der Waals surface area (Å²) in [4.78, 5) is 13.8. The summed E-state index contributed by atoms with van der Waals surface area (Å²) >= 11 is 0. The highest BCUT2D eigenvalue weighted by Crippen LogP contribution is 2.49. The first-order valence-electron chi connectivity index (χ1n) is 7.43. The Morgan fingerprint density at radius 3 is 2.84 bits per heavy atom. The molecule has 0 saturated heterocycles. The number of amides is 2. The summed E-state index contributed by atoms with van der Waals surface area (Å²) in [6.45, 7) is 6.60. The number of hydrogen-bond donors (Lipinski definition) is 2. The van der Waals surface area contributed by atoms with Crippen molar-refractivity contribution in [2.24, 2.45) is 17.8 Å². The van der Waals surface area contributed by atoms with E-state index in [0.29, 0.717) is 19.0 Å². The fourth-order valence-corrected chi connectivity index (χ4v) is 3.85. The Labute approximate surface area is 115 Å². The number of carbonyl (C=O) groups excluding carboxylic acids is 1. The lowest BCUT2D eigenvalue weighted by Gasteiger charge is -2.30. The van der Waals surface area contributed by atoms with E-state index in [1.54, 1.807) is 11.0 Å². The third kappa shape index (κ3) is 3.30. The van der Waals surface area contributed by atoms with Gasteiger partial charge in [0, 0.05) is 19.1 Å². The number of nitrogens with zero attached hydrogens (tertiary/aromatic N) is 1. The Hall–Kier alpha value is -1.03. The van der Waals surface area contributed by atoms with E-state index >= 15 is 0 Å². The molecule has 2 N–H and O–H groups in total. The maximum Gasteiger partial charge on any atom is 0.317 e. The van der Waals surface area contributed by atoms with Crippen molar-refractivity contribution in [1.29, 1.82) is 0 Å². The Balaban J connectivity index is 1.85. The third-order valence-electron chi connectivity index (χ3n) is 4.79. The summed E-state index contributed by atoms with van der Waals surface area (Å²) in [5.41, 5.74) is 0. The van der Waals surface area contributed by atoms with Crippen LogP contribution in [0.3, 0.4) is 0 Å². The van der Waals surface area contributed by atoms with Gasteiger partial charge in [-0.1, -0.05) is 12.5 Å². The summed E-state index contributed by atoms with van der Waals surface area (Å²) in [6.07, 6.45) is 7.04. The number of aliphatic hydroxyl groups is 1. The first-order chi connectivity index (χ1) is 9.15. The first kappa shape index (κ1) is 14.4. The van der Waals surface area contributed by atoms with Crippen molar-refractivity contribution in [3.8, 4) is 0 Å². The molecular formula is C15H26N2O2. The van der Waals surface area contributed by atoms with E-state index in [1.165, 1.54) is 25.7 Å². The minimum atomic E-state index is -0.0794. The number of aliphatic hydroxyl groups excluding tert-OH is 1. The van der Waals surface area contributed by atoms with Crippen molar-refractivity contribution in [3.05, 3.63) is 12.7 Å². The molecule has 108 valence electrons. The van der Waals surface area contributed by atoms with Crippen molar-refractivity contribution in [3.63, 3.8) is 0 Å². The van der Waals surface area contributed by atoms with Crippen molar-refractivity contribution >= 4 is 6.03 Å². The first-order valence-corrected chi connectivity index (χ1v) is 7.43. The van der Waals surface area contributed by atoms with E-state index in [1.807, 2.05) is 0 Å². The standard InChI is InChI=1S/C15H26N2O2/c1-3-6-17(7-8-18)15(19)16-11(2)14-10-12-4-5-13(14)9-12/h3,11-14,18H,1,4-10H2,2H3,(H,16,19). The fourth-order valence-electron chi connectivity index (χ4n) is 3.85. The highest BCUT2D eigenvalue weighted by Gasteiger charge is 2.42. The highest BCUT2D eigenvalue weighted by atomic mass is 16.3. The summed E-state index contributed by atoms with van der Waals surface area (Å²) < 4.78 is 0. The number of urea groups is 1. The molecular weight excluding hydrogens is 240 g/mol. The Morgan fingerprint density at radius 1 is 1.53 bits per heavy atom. The summed E-state index contributed by atoms with van der Waals surface area (Å²) in [7, 11) is 0.